The Kier molecular flexibility index (Phi) is 7.35. The third kappa shape index (κ3) is 5.29. The lowest BCUT2D eigenvalue weighted by molar-refractivity contribution is -0.137. The predicted octanol–water partition coefficient (Wildman–Crippen LogP) is 5.60. The summed E-state index contributed by atoms with van der Waals surface area (Å²) >= 11 is 0. The molecular formula is C30H32O7. The first kappa shape index (κ1) is 25.1. The Morgan fingerprint density at radius 3 is 2.68 bits per heavy atom. The highest BCUT2D eigenvalue weighted by atomic mass is 16.6. The number of carbonyl (C=O) groups is 1. The third-order valence-corrected chi connectivity index (χ3v) is 7.01. The molecule has 0 spiro atoms. The lowest BCUT2D eigenvalue weighted by atomic mass is 9.90. The van der Waals surface area contributed by atoms with Gasteiger partial charge < -0.3 is 28.8 Å². The number of aliphatic carboxylic acids is 1. The molecule has 2 aliphatic heterocycles. The summed E-state index contributed by atoms with van der Waals surface area (Å²) in [5.41, 5.74) is 7.70. The number of rotatable bonds is 10. The Labute approximate surface area is 216 Å². The molecule has 7 heteroatoms. The molecule has 0 saturated carbocycles. The molecule has 2 heterocycles. The largest absolute Gasteiger partial charge is 0.492 e. The normalized spacial score (nSPS) is 17.6. The Morgan fingerprint density at radius 2 is 1.86 bits per heavy atom. The molecule has 0 fully saturated rings. The molecule has 0 amide bonds. The van der Waals surface area contributed by atoms with Gasteiger partial charge in [0.15, 0.2) is 0 Å². The molecule has 3 aromatic carbocycles. The van der Waals surface area contributed by atoms with Crippen molar-refractivity contribution in [3.05, 3.63) is 76.3 Å². The molecule has 5 rings (SSSR count). The number of hydrogen-bond acceptors (Lipinski definition) is 6. The van der Waals surface area contributed by atoms with Crippen LogP contribution in [0.4, 0.5) is 0 Å². The van der Waals surface area contributed by atoms with Crippen LogP contribution in [0.3, 0.4) is 0 Å². The van der Waals surface area contributed by atoms with Crippen LogP contribution in [0.2, 0.25) is 0 Å². The van der Waals surface area contributed by atoms with Gasteiger partial charge in [-0.1, -0.05) is 24.3 Å². The second-order valence-electron chi connectivity index (χ2n) is 9.56. The van der Waals surface area contributed by atoms with Gasteiger partial charge in [0.2, 0.25) is 0 Å². The standard InChI is InChI=1S/C30H32O7/c1-18-11-26-30(27(17-37-26)34-10-9-33-3)19(2)29(18)21-6-4-5-20(12-21)15-35-23-7-8-24-22(13-28(31)32)16-36-25(24)14-23/h4-8,11-12,14,22,27H,9-10,13,15-17H2,1-3H3,(H,31,32). The average molecular weight is 505 g/mol. The summed E-state index contributed by atoms with van der Waals surface area (Å²) in [6.07, 6.45) is -0.0404. The van der Waals surface area contributed by atoms with Crippen LogP contribution >= 0.6 is 0 Å². The van der Waals surface area contributed by atoms with Crippen molar-refractivity contribution in [1.82, 2.24) is 0 Å². The lowest BCUT2D eigenvalue weighted by Crippen LogP contribution is -2.11. The summed E-state index contributed by atoms with van der Waals surface area (Å²) in [5.74, 6) is 1.35. The van der Waals surface area contributed by atoms with E-state index in [1.165, 1.54) is 11.1 Å². The molecule has 0 aromatic heterocycles. The van der Waals surface area contributed by atoms with E-state index in [-0.39, 0.29) is 18.4 Å². The van der Waals surface area contributed by atoms with Crippen LogP contribution in [-0.4, -0.2) is 44.6 Å². The fourth-order valence-electron chi connectivity index (χ4n) is 5.29. The Bertz CT molecular complexity index is 1300. The molecule has 194 valence electrons. The van der Waals surface area contributed by atoms with Crippen LogP contribution in [0.15, 0.2) is 48.5 Å². The molecule has 0 bridgehead atoms. The smallest absolute Gasteiger partial charge is 0.304 e. The second kappa shape index (κ2) is 10.8. The van der Waals surface area contributed by atoms with Gasteiger partial charge in [-0.2, -0.15) is 0 Å². The highest BCUT2D eigenvalue weighted by Gasteiger charge is 2.30. The van der Waals surface area contributed by atoms with Crippen molar-refractivity contribution in [2.45, 2.75) is 38.9 Å². The number of aryl methyl sites for hydroxylation is 1. The summed E-state index contributed by atoms with van der Waals surface area (Å²) in [4.78, 5) is 11.1. The van der Waals surface area contributed by atoms with E-state index in [4.69, 9.17) is 28.8 Å². The first-order chi connectivity index (χ1) is 17.9. The van der Waals surface area contributed by atoms with Crippen molar-refractivity contribution >= 4 is 5.97 Å². The predicted molar refractivity (Wildman–Crippen MR) is 139 cm³/mol. The molecule has 1 N–H and O–H groups in total. The molecular weight excluding hydrogens is 472 g/mol. The second-order valence-corrected chi connectivity index (χ2v) is 9.56. The summed E-state index contributed by atoms with van der Waals surface area (Å²) in [7, 11) is 1.67. The van der Waals surface area contributed by atoms with Gasteiger partial charge in [-0.15, -0.1) is 0 Å². The molecule has 37 heavy (non-hydrogen) atoms. The first-order valence-corrected chi connectivity index (χ1v) is 12.5. The van der Waals surface area contributed by atoms with Crippen molar-refractivity contribution in [1.29, 1.82) is 0 Å². The fourth-order valence-corrected chi connectivity index (χ4v) is 5.29. The van der Waals surface area contributed by atoms with Gasteiger partial charge in [0.05, 0.1) is 26.2 Å². The van der Waals surface area contributed by atoms with Crippen molar-refractivity contribution < 1.29 is 33.6 Å². The fraction of sp³-hybridized carbons (Fsp3) is 0.367. The van der Waals surface area contributed by atoms with Gasteiger partial charge in [-0.05, 0) is 59.9 Å². The van der Waals surface area contributed by atoms with E-state index in [0.717, 1.165) is 33.6 Å². The zero-order chi connectivity index (χ0) is 25.9. The first-order valence-electron chi connectivity index (χ1n) is 12.5. The van der Waals surface area contributed by atoms with E-state index >= 15 is 0 Å². The van der Waals surface area contributed by atoms with Gasteiger partial charge in [-0.25, -0.2) is 0 Å². The maximum absolute atomic E-state index is 11.1. The van der Waals surface area contributed by atoms with E-state index in [1.54, 1.807) is 7.11 Å². The Morgan fingerprint density at radius 1 is 1.03 bits per heavy atom. The van der Waals surface area contributed by atoms with Crippen molar-refractivity contribution in [2.75, 3.05) is 33.5 Å². The van der Waals surface area contributed by atoms with Gasteiger partial charge in [0.25, 0.3) is 0 Å². The van der Waals surface area contributed by atoms with Gasteiger partial charge in [-0.3, -0.25) is 4.79 Å². The van der Waals surface area contributed by atoms with Gasteiger partial charge in [0.1, 0.15) is 36.6 Å². The number of methoxy groups -OCH3 is 1. The number of carboxylic acids is 1. The van der Waals surface area contributed by atoms with Crippen molar-refractivity contribution in [3.63, 3.8) is 0 Å². The lowest BCUT2D eigenvalue weighted by Gasteiger charge is -2.18. The topological polar surface area (TPSA) is 83.5 Å². The molecule has 2 aliphatic rings. The van der Waals surface area contributed by atoms with Crippen LogP contribution in [0, 0.1) is 13.8 Å². The van der Waals surface area contributed by atoms with Crippen LogP contribution in [0.5, 0.6) is 17.2 Å². The molecule has 0 aliphatic carbocycles. The quantitative estimate of drug-likeness (QED) is 0.360. The maximum atomic E-state index is 11.1. The van der Waals surface area contributed by atoms with E-state index < -0.39 is 5.97 Å². The van der Waals surface area contributed by atoms with Gasteiger partial charge >= 0.3 is 5.97 Å². The maximum Gasteiger partial charge on any atom is 0.304 e. The number of hydrogen-bond donors (Lipinski definition) is 1. The zero-order valence-electron chi connectivity index (χ0n) is 21.4. The molecule has 2 unspecified atom stereocenters. The number of ether oxygens (including phenoxy) is 5. The molecule has 3 aromatic rings. The zero-order valence-corrected chi connectivity index (χ0v) is 21.4. The summed E-state index contributed by atoms with van der Waals surface area (Å²) < 4.78 is 28.9. The van der Waals surface area contributed by atoms with Crippen molar-refractivity contribution in [2.24, 2.45) is 0 Å². The highest BCUT2D eigenvalue weighted by molar-refractivity contribution is 5.75. The number of benzene rings is 3. The van der Waals surface area contributed by atoms with Crippen LogP contribution < -0.4 is 14.2 Å². The molecule has 0 radical (unpaired) electrons. The highest BCUT2D eigenvalue weighted by Crippen LogP contribution is 2.43. The van der Waals surface area contributed by atoms with E-state index in [0.29, 0.717) is 44.5 Å². The Hall–Kier alpha value is -3.55. The van der Waals surface area contributed by atoms with Crippen LogP contribution in [-0.2, 0) is 20.9 Å². The van der Waals surface area contributed by atoms with Crippen LogP contribution in [0.25, 0.3) is 11.1 Å². The minimum absolute atomic E-state index is 0.0632. The van der Waals surface area contributed by atoms with Gasteiger partial charge in [0, 0.05) is 30.2 Å². The molecule has 0 saturated heterocycles. The average Bonchev–Trinajstić information content (AvgIpc) is 3.46. The summed E-state index contributed by atoms with van der Waals surface area (Å²) in [6, 6.07) is 16.1. The number of fused-ring (bicyclic) bond motifs is 2. The molecule has 2 atom stereocenters. The van der Waals surface area contributed by atoms with E-state index in [1.807, 2.05) is 30.3 Å². The molecule has 7 nitrogen and oxygen atoms in total. The van der Waals surface area contributed by atoms with E-state index in [2.05, 4.69) is 32.0 Å². The number of carboxylic acid groups (broad SMARTS) is 1. The van der Waals surface area contributed by atoms with Crippen LogP contribution in [0.1, 0.15) is 46.3 Å². The third-order valence-electron chi connectivity index (χ3n) is 7.01. The monoisotopic (exact) mass is 504 g/mol. The SMILES string of the molecule is COCCOC1COc2cc(C)c(-c3cccc(COc4ccc5c(c4)OCC5CC(=O)O)c3)c(C)c21. The summed E-state index contributed by atoms with van der Waals surface area (Å²) in [5, 5.41) is 9.11. The minimum atomic E-state index is -0.822. The Balaban J connectivity index is 1.33. The van der Waals surface area contributed by atoms with Crippen molar-refractivity contribution in [3.8, 4) is 28.4 Å². The summed E-state index contributed by atoms with van der Waals surface area (Å²) in [6.45, 7) is 6.61. The minimum Gasteiger partial charge on any atom is -0.492 e. The van der Waals surface area contributed by atoms with E-state index in [9.17, 15) is 4.79 Å².